The minimum absolute atomic E-state index is 0.0218. The van der Waals surface area contributed by atoms with Crippen LogP contribution in [0.4, 0.5) is 0 Å². The lowest BCUT2D eigenvalue weighted by Crippen LogP contribution is -2.30. The van der Waals surface area contributed by atoms with Crippen LogP contribution >= 0.6 is 0 Å². The molecule has 29 heavy (non-hydrogen) atoms. The number of carboxylic acids is 1. The zero-order valence-electron chi connectivity index (χ0n) is 17.3. The Bertz CT molecular complexity index is 747. The molecule has 160 valence electrons. The Morgan fingerprint density at radius 2 is 2.14 bits per heavy atom. The third-order valence-electron chi connectivity index (χ3n) is 7.79. The van der Waals surface area contributed by atoms with E-state index in [2.05, 4.69) is 13.0 Å². The van der Waals surface area contributed by atoms with Gasteiger partial charge in [-0.05, 0) is 73.5 Å². The van der Waals surface area contributed by atoms with Crippen LogP contribution in [-0.4, -0.2) is 40.1 Å². The van der Waals surface area contributed by atoms with Gasteiger partial charge in [-0.15, -0.1) is 0 Å². The Balaban J connectivity index is 1.45. The number of aliphatic carboxylic acids is 1. The van der Waals surface area contributed by atoms with Gasteiger partial charge in [0.15, 0.2) is 6.61 Å². The van der Waals surface area contributed by atoms with Crippen molar-refractivity contribution < 1.29 is 24.9 Å². The van der Waals surface area contributed by atoms with Gasteiger partial charge in [-0.3, -0.25) is 0 Å². The Morgan fingerprint density at radius 1 is 1.31 bits per heavy atom. The molecular weight excluding hydrogens is 368 g/mol. The number of hydrogen-bond donors (Lipinski definition) is 3. The number of unbranched alkanes of at least 4 members (excludes halogenated alkanes) is 2. The van der Waals surface area contributed by atoms with E-state index < -0.39 is 5.97 Å². The summed E-state index contributed by atoms with van der Waals surface area (Å²) in [7, 11) is 0. The Morgan fingerprint density at radius 3 is 2.90 bits per heavy atom. The van der Waals surface area contributed by atoms with E-state index in [0.717, 1.165) is 50.5 Å². The second-order valence-electron chi connectivity index (χ2n) is 9.50. The van der Waals surface area contributed by atoms with Crippen molar-refractivity contribution in [2.45, 2.75) is 76.9 Å². The summed E-state index contributed by atoms with van der Waals surface area (Å²) in [5.74, 6) is 1.00. The Labute approximate surface area is 173 Å². The predicted octanol–water partition coefficient (Wildman–Crippen LogP) is 3.58. The summed E-state index contributed by atoms with van der Waals surface area (Å²) in [4.78, 5) is 10.9. The Kier molecular flexibility index (Phi) is 5.90. The van der Waals surface area contributed by atoms with E-state index in [1.807, 2.05) is 12.1 Å². The fourth-order valence-corrected chi connectivity index (χ4v) is 6.36. The van der Waals surface area contributed by atoms with Gasteiger partial charge in [0.05, 0.1) is 12.2 Å². The molecule has 2 saturated carbocycles. The normalized spacial score (nSPS) is 33.2. The topological polar surface area (TPSA) is 87.0 Å². The highest BCUT2D eigenvalue weighted by atomic mass is 16.5. The highest BCUT2D eigenvalue weighted by Gasteiger charge is 2.68. The van der Waals surface area contributed by atoms with Crippen LogP contribution in [0.15, 0.2) is 18.2 Å². The fraction of sp³-hybridized carbons (Fsp3) is 0.708. The van der Waals surface area contributed by atoms with Gasteiger partial charge in [-0.1, -0.05) is 38.3 Å². The second-order valence-corrected chi connectivity index (χ2v) is 9.50. The first-order chi connectivity index (χ1) is 14.0. The van der Waals surface area contributed by atoms with Crippen LogP contribution in [0.2, 0.25) is 0 Å². The SMILES string of the molecule is CCCCC[C@H](O)C[C@@H]1C[C@]12[C@H](O)C[C@@H]1Cc3c(cccc3OCC(=O)O)C[C@@H]12. The number of rotatable bonds is 9. The molecule has 2 fully saturated rings. The highest BCUT2D eigenvalue weighted by Crippen LogP contribution is 2.70. The van der Waals surface area contributed by atoms with Gasteiger partial charge >= 0.3 is 5.97 Å². The average Bonchev–Trinajstić information content (AvgIpc) is 3.33. The van der Waals surface area contributed by atoms with Gasteiger partial charge in [0, 0.05) is 5.41 Å². The molecule has 3 N–H and O–H groups in total. The van der Waals surface area contributed by atoms with Gasteiger partial charge in [0.2, 0.25) is 0 Å². The third kappa shape index (κ3) is 3.91. The van der Waals surface area contributed by atoms with E-state index in [9.17, 15) is 15.0 Å². The molecule has 0 unspecified atom stereocenters. The average molecular weight is 403 g/mol. The number of aliphatic hydroxyl groups is 2. The molecular formula is C24H34O5. The van der Waals surface area contributed by atoms with Gasteiger partial charge in [0.1, 0.15) is 5.75 Å². The van der Waals surface area contributed by atoms with Gasteiger partial charge in [-0.2, -0.15) is 0 Å². The van der Waals surface area contributed by atoms with Crippen molar-refractivity contribution in [2.75, 3.05) is 6.61 Å². The minimum atomic E-state index is -0.968. The van der Waals surface area contributed by atoms with Crippen molar-refractivity contribution in [2.24, 2.45) is 23.2 Å². The molecule has 0 aliphatic heterocycles. The van der Waals surface area contributed by atoms with Crippen LogP contribution < -0.4 is 4.74 Å². The number of benzene rings is 1. The van der Waals surface area contributed by atoms with E-state index in [1.54, 1.807) is 0 Å². The quantitative estimate of drug-likeness (QED) is 0.550. The molecule has 1 spiro atoms. The summed E-state index contributed by atoms with van der Waals surface area (Å²) < 4.78 is 5.53. The van der Waals surface area contributed by atoms with Crippen LogP contribution in [0.25, 0.3) is 0 Å². The maximum atomic E-state index is 11.0. The smallest absolute Gasteiger partial charge is 0.341 e. The largest absolute Gasteiger partial charge is 0.482 e. The third-order valence-corrected chi connectivity index (χ3v) is 7.79. The Hall–Kier alpha value is -1.59. The molecule has 0 heterocycles. The van der Waals surface area contributed by atoms with Crippen molar-refractivity contribution in [3.05, 3.63) is 29.3 Å². The van der Waals surface area contributed by atoms with Crippen molar-refractivity contribution in [3.63, 3.8) is 0 Å². The molecule has 5 heteroatoms. The van der Waals surface area contributed by atoms with Crippen molar-refractivity contribution >= 4 is 5.97 Å². The standard InChI is InChI=1S/C24H34O5/c1-2-3-4-7-18(25)12-17-13-24(17)20-10-15-6-5-8-21(29-14-23(27)28)19(15)9-16(20)11-22(24)26/h5-6,8,16-18,20,22,25-26H,2-4,7,9-14H2,1H3,(H,27,28)/t16-,17+,18-,20-,22+,24-/m0/s1. The van der Waals surface area contributed by atoms with Crippen LogP contribution in [0.3, 0.4) is 0 Å². The van der Waals surface area contributed by atoms with Crippen molar-refractivity contribution in [3.8, 4) is 5.75 Å². The molecule has 4 rings (SSSR count). The van der Waals surface area contributed by atoms with Crippen LogP contribution in [-0.2, 0) is 17.6 Å². The second kappa shape index (κ2) is 8.27. The number of carbonyl (C=O) groups is 1. The monoisotopic (exact) mass is 402 g/mol. The first kappa shape index (κ1) is 20.7. The van der Waals surface area contributed by atoms with Gasteiger partial charge in [0.25, 0.3) is 0 Å². The summed E-state index contributed by atoms with van der Waals surface area (Å²) in [5, 5.41) is 30.4. The molecule has 3 aliphatic carbocycles. The number of hydrogen-bond acceptors (Lipinski definition) is 4. The summed E-state index contributed by atoms with van der Waals surface area (Å²) in [6, 6.07) is 5.92. The highest BCUT2D eigenvalue weighted by molar-refractivity contribution is 5.68. The maximum absolute atomic E-state index is 11.0. The first-order valence-corrected chi connectivity index (χ1v) is 11.3. The lowest BCUT2D eigenvalue weighted by molar-refractivity contribution is -0.139. The molecule has 0 saturated heterocycles. The van der Waals surface area contributed by atoms with Crippen molar-refractivity contribution in [1.29, 1.82) is 0 Å². The zero-order chi connectivity index (χ0) is 20.6. The molecule has 6 atom stereocenters. The van der Waals surface area contributed by atoms with E-state index >= 15 is 0 Å². The molecule has 3 aliphatic rings. The molecule has 1 aromatic carbocycles. The number of fused-ring (bicyclic) bond motifs is 3. The van der Waals surface area contributed by atoms with Crippen molar-refractivity contribution in [1.82, 2.24) is 0 Å². The lowest BCUT2D eigenvalue weighted by Gasteiger charge is -2.33. The van der Waals surface area contributed by atoms with Crippen LogP contribution in [0, 0.1) is 23.2 Å². The molecule has 0 bridgehead atoms. The maximum Gasteiger partial charge on any atom is 0.341 e. The van der Waals surface area contributed by atoms with E-state index in [0.29, 0.717) is 23.5 Å². The van der Waals surface area contributed by atoms with Gasteiger partial charge < -0.3 is 20.1 Å². The molecule has 0 amide bonds. The number of aliphatic hydroxyl groups excluding tert-OH is 2. The predicted molar refractivity (Wildman–Crippen MR) is 110 cm³/mol. The summed E-state index contributed by atoms with van der Waals surface area (Å²) in [6.45, 7) is 1.85. The first-order valence-electron chi connectivity index (χ1n) is 11.3. The zero-order valence-corrected chi connectivity index (χ0v) is 17.3. The van der Waals surface area contributed by atoms with Crippen LogP contribution in [0.1, 0.15) is 63.0 Å². The molecule has 0 aromatic heterocycles. The summed E-state index contributed by atoms with van der Waals surface area (Å²) in [5.41, 5.74) is 2.33. The van der Waals surface area contributed by atoms with Crippen LogP contribution in [0.5, 0.6) is 5.75 Å². The fourth-order valence-electron chi connectivity index (χ4n) is 6.36. The minimum Gasteiger partial charge on any atom is -0.482 e. The molecule has 1 aromatic rings. The van der Waals surface area contributed by atoms with Gasteiger partial charge in [-0.25, -0.2) is 4.79 Å². The summed E-state index contributed by atoms with van der Waals surface area (Å²) in [6.07, 6.45) is 8.18. The van der Waals surface area contributed by atoms with E-state index in [-0.39, 0.29) is 24.2 Å². The molecule has 0 radical (unpaired) electrons. The van der Waals surface area contributed by atoms with E-state index in [1.165, 1.54) is 18.4 Å². The summed E-state index contributed by atoms with van der Waals surface area (Å²) >= 11 is 0. The molecule has 5 nitrogen and oxygen atoms in total. The number of carboxylic acid groups (broad SMARTS) is 1. The lowest BCUT2D eigenvalue weighted by atomic mass is 9.72. The number of ether oxygens (including phenoxy) is 1. The van der Waals surface area contributed by atoms with E-state index in [4.69, 9.17) is 9.84 Å².